The fourth-order valence-corrected chi connectivity index (χ4v) is 15.9. The molecule has 0 aromatic carbocycles. The van der Waals surface area contributed by atoms with E-state index >= 15 is 0 Å². The van der Waals surface area contributed by atoms with Crippen molar-refractivity contribution >= 4 is 39.5 Å². The highest BCUT2D eigenvalue weighted by Gasteiger charge is 2.31. The molecule has 0 rings (SSSR count). The molecule has 0 saturated heterocycles. The van der Waals surface area contributed by atoms with Crippen LogP contribution in [-0.2, 0) is 65.4 Å². The monoisotopic (exact) mass is 1610 g/mol. The van der Waals surface area contributed by atoms with Crippen LogP contribution in [-0.4, -0.2) is 96.7 Å². The maximum absolute atomic E-state index is 13.2. The maximum atomic E-state index is 13.2. The van der Waals surface area contributed by atoms with Gasteiger partial charge in [-0.25, -0.2) is 9.13 Å². The zero-order chi connectivity index (χ0) is 80.4. The SMILES string of the molecule is CCCCCCCCCCCCCCCCCCCCCCCC(=O)OC[C@H](COP(=O)(O)OC[C@@H](O)COP(=O)(O)OC[C@@H](COC(=O)CCCCCCCCC(C)C)OC(=O)CCCCCCCCCCCCCCCCCCCCC)OC(=O)CCCCCCCCCCCCCCCCCCCCCCC. The van der Waals surface area contributed by atoms with Gasteiger partial charge in [0.25, 0.3) is 0 Å². The number of hydrogen-bond donors (Lipinski definition) is 3. The highest BCUT2D eigenvalue weighted by Crippen LogP contribution is 2.45. The van der Waals surface area contributed by atoms with E-state index in [1.807, 2.05) is 0 Å². The van der Waals surface area contributed by atoms with Gasteiger partial charge in [-0.05, 0) is 31.6 Å². The molecule has 0 radical (unpaired) electrons. The third-order valence-electron chi connectivity index (χ3n) is 21.5. The van der Waals surface area contributed by atoms with Crippen LogP contribution in [0.3, 0.4) is 0 Å². The third kappa shape index (κ3) is 84.0. The predicted octanol–water partition coefficient (Wildman–Crippen LogP) is 28.3. The smallest absolute Gasteiger partial charge is 0.462 e. The molecule has 0 bridgehead atoms. The van der Waals surface area contributed by atoms with E-state index in [-0.39, 0.29) is 25.7 Å². The van der Waals surface area contributed by atoms with E-state index in [0.717, 1.165) is 96.3 Å². The van der Waals surface area contributed by atoms with Crippen LogP contribution in [0.15, 0.2) is 0 Å². The molecule has 2 unspecified atom stereocenters. The van der Waals surface area contributed by atoms with E-state index in [4.69, 9.17) is 37.0 Å². The Morgan fingerprint density at radius 2 is 0.418 bits per heavy atom. The normalized spacial score (nSPS) is 13.7. The fraction of sp³-hybridized carbons (Fsp3) is 0.956. The van der Waals surface area contributed by atoms with Gasteiger partial charge in [0.15, 0.2) is 12.2 Å². The number of carbonyl (C=O) groups is 4. The van der Waals surface area contributed by atoms with Crippen LogP contribution in [0, 0.1) is 5.92 Å². The maximum Gasteiger partial charge on any atom is 0.472 e. The number of ether oxygens (including phenoxy) is 4. The van der Waals surface area contributed by atoms with Crippen molar-refractivity contribution in [2.75, 3.05) is 39.6 Å². The molecule has 0 saturated carbocycles. The number of aliphatic hydroxyl groups excluding tert-OH is 1. The average Bonchev–Trinajstić information content (AvgIpc) is 0.899. The summed E-state index contributed by atoms with van der Waals surface area (Å²) in [6.07, 6.45) is 79.6. The minimum absolute atomic E-state index is 0.108. The van der Waals surface area contributed by atoms with E-state index in [0.29, 0.717) is 31.6 Å². The first-order valence-corrected chi connectivity index (χ1v) is 50.1. The molecule has 0 fully saturated rings. The minimum Gasteiger partial charge on any atom is -0.462 e. The molecule has 0 aromatic heterocycles. The molecule has 0 aliphatic heterocycles. The van der Waals surface area contributed by atoms with Gasteiger partial charge >= 0.3 is 39.5 Å². The Hall–Kier alpha value is -1.94. The zero-order valence-corrected chi connectivity index (χ0v) is 74.2. The molecule has 3 N–H and O–H groups in total. The van der Waals surface area contributed by atoms with Crippen molar-refractivity contribution in [3.05, 3.63) is 0 Å². The molecule has 0 aromatic rings. The van der Waals surface area contributed by atoms with E-state index in [9.17, 15) is 43.2 Å². The number of unbranched alkanes of at least 4 members (excludes halogenated alkanes) is 63. The predicted molar refractivity (Wildman–Crippen MR) is 455 cm³/mol. The lowest BCUT2D eigenvalue weighted by molar-refractivity contribution is -0.161. The van der Waals surface area contributed by atoms with Gasteiger partial charge in [-0.1, -0.05) is 446 Å². The number of aliphatic hydroxyl groups is 1. The molecule has 0 spiro atoms. The Labute approximate surface area is 677 Å². The van der Waals surface area contributed by atoms with E-state index in [1.165, 1.54) is 315 Å². The first kappa shape index (κ1) is 108. The molecule has 17 nitrogen and oxygen atoms in total. The number of carbonyl (C=O) groups excluding carboxylic acids is 4. The van der Waals surface area contributed by atoms with Crippen LogP contribution < -0.4 is 0 Å². The van der Waals surface area contributed by atoms with E-state index < -0.39 is 97.5 Å². The summed E-state index contributed by atoms with van der Waals surface area (Å²) in [6, 6.07) is 0. The molecule has 19 heteroatoms. The summed E-state index contributed by atoms with van der Waals surface area (Å²) in [4.78, 5) is 73.3. The Morgan fingerprint density at radius 3 is 0.618 bits per heavy atom. The Kier molecular flexibility index (Phi) is 82.1. The van der Waals surface area contributed by atoms with Crippen molar-refractivity contribution in [3.8, 4) is 0 Å². The number of rotatable bonds is 91. The standard InChI is InChI=1S/C91H178O17P2/c1-6-9-12-15-18-21-24-27-30-33-36-38-41-43-46-49-52-55-58-64-69-74-88(93)101-80-86(107-90(95)76-71-66-60-57-54-51-48-45-42-39-37-34-31-28-25-22-19-16-13-10-7-2)82-105-109(97,98)103-78-85(92)79-104-110(99,100)106-83-87(81-102-89(94)75-70-65-62-61-63-68-73-84(4)5)108-91(96)77-72-67-59-56-53-50-47-44-40-35-32-29-26-23-20-17-14-11-8-3/h84-87,92H,6-83H2,1-5H3,(H,97,98)(H,99,100)/t85-,86-,87-/m1/s1. The van der Waals surface area contributed by atoms with Crippen molar-refractivity contribution in [1.29, 1.82) is 0 Å². The highest BCUT2D eigenvalue weighted by atomic mass is 31.2. The summed E-state index contributed by atoms with van der Waals surface area (Å²) in [5.41, 5.74) is 0. The van der Waals surface area contributed by atoms with Crippen LogP contribution in [0.4, 0.5) is 0 Å². The summed E-state index contributed by atoms with van der Waals surface area (Å²) in [5.74, 6) is -1.42. The molecule has 110 heavy (non-hydrogen) atoms. The number of hydrogen-bond acceptors (Lipinski definition) is 15. The van der Waals surface area contributed by atoms with Crippen LogP contribution in [0.25, 0.3) is 0 Å². The lowest BCUT2D eigenvalue weighted by Gasteiger charge is -2.21. The van der Waals surface area contributed by atoms with Gasteiger partial charge in [-0.3, -0.25) is 37.3 Å². The average molecular weight is 1610 g/mol. The van der Waals surface area contributed by atoms with Crippen molar-refractivity contribution in [3.63, 3.8) is 0 Å². The Bertz CT molecular complexity index is 2080. The largest absolute Gasteiger partial charge is 0.472 e. The van der Waals surface area contributed by atoms with E-state index in [1.54, 1.807) is 0 Å². The van der Waals surface area contributed by atoms with Gasteiger partial charge in [0.05, 0.1) is 26.4 Å². The summed E-state index contributed by atoms with van der Waals surface area (Å²) >= 11 is 0. The van der Waals surface area contributed by atoms with Gasteiger partial charge in [-0.2, -0.15) is 0 Å². The minimum atomic E-state index is -4.97. The van der Waals surface area contributed by atoms with Gasteiger partial charge in [0, 0.05) is 25.7 Å². The first-order valence-electron chi connectivity index (χ1n) is 47.1. The van der Waals surface area contributed by atoms with Crippen LogP contribution in [0.1, 0.15) is 497 Å². The molecule has 0 aliphatic rings. The quantitative estimate of drug-likeness (QED) is 0.0222. The summed E-state index contributed by atoms with van der Waals surface area (Å²) in [6.45, 7) is 7.31. The second-order valence-corrected chi connectivity index (χ2v) is 36.1. The second kappa shape index (κ2) is 83.5. The molecule has 0 heterocycles. The lowest BCUT2D eigenvalue weighted by atomic mass is 10.0. The Balaban J connectivity index is 5.19. The molecule has 0 aliphatic carbocycles. The second-order valence-electron chi connectivity index (χ2n) is 33.2. The summed E-state index contributed by atoms with van der Waals surface area (Å²) in [7, 11) is -9.93. The van der Waals surface area contributed by atoms with Gasteiger partial charge in [0.2, 0.25) is 0 Å². The lowest BCUT2D eigenvalue weighted by Crippen LogP contribution is -2.30. The number of esters is 4. The number of phosphoric acid groups is 2. The first-order chi connectivity index (χ1) is 53.5. The van der Waals surface area contributed by atoms with Gasteiger partial charge < -0.3 is 33.8 Å². The zero-order valence-electron chi connectivity index (χ0n) is 72.4. The topological polar surface area (TPSA) is 237 Å². The third-order valence-corrected chi connectivity index (χ3v) is 23.4. The van der Waals surface area contributed by atoms with E-state index in [2.05, 4.69) is 34.6 Å². The van der Waals surface area contributed by atoms with Crippen LogP contribution in [0.2, 0.25) is 0 Å². The van der Waals surface area contributed by atoms with Crippen molar-refractivity contribution < 1.29 is 80.2 Å². The van der Waals surface area contributed by atoms with Crippen LogP contribution in [0.5, 0.6) is 0 Å². The van der Waals surface area contributed by atoms with Crippen LogP contribution >= 0.6 is 15.6 Å². The number of phosphoric ester groups is 2. The molecular weight excluding hydrogens is 1430 g/mol. The van der Waals surface area contributed by atoms with Gasteiger partial charge in [0.1, 0.15) is 19.3 Å². The molecular formula is C91H178O17P2. The van der Waals surface area contributed by atoms with Gasteiger partial charge in [-0.15, -0.1) is 0 Å². The summed E-state index contributed by atoms with van der Waals surface area (Å²) in [5, 5.41) is 10.7. The molecule has 654 valence electrons. The fourth-order valence-electron chi connectivity index (χ4n) is 14.4. The summed E-state index contributed by atoms with van der Waals surface area (Å²) < 4.78 is 69.0. The Morgan fingerprint density at radius 1 is 0.245 bits per heavy atom. The van der Waals surface area contributed by atoms with Crippen molar-refractivity contribution in [1.82, 2.24) is 0 Å². The van der Waals surface area contributed by atoms with Crippen molar-refractivity contribution in [2.24, 2.45) is 5.92 Å². The molecule has 5 atom stereocenters. The highest BCUT2D eigenvalue weighted by molar-refractivity contribution is 7.47. The molecule has 0 amide bonds. The van der Waals surface area contributed by atoms with Crippen molar-refractivity contribution in [2.45, 2.75) is 515 Å².